The van der Waals surface area contributed by atoms with Crippen molar-refractivity contribution in [3.8, 4) is 5.75 Å². The summed E-state index contributed by atoms with van der Waals surface area (Å²) in [5.41, 5.74) is 11.0. The third-order valence-electron chi connectivity index (χ3n) is 3.86. The predicted octanol–water partition coefficient (Wildman–Crippen LogP) is 4.25. The molecule has 2 rings (SSSR count). The van der Waals surface area contributed by atoms with Crippen LogP contribution in [0.1, 0.15) is 28.2 Å². The molecular formula is C18H22ClNO. The number of hydrogen-bond acceptors (Lipinski definition) is 2. The number of ether oxygens (including phenoxy) is 1. The number of aryl methyl sites for hydroxylation is 2. The number of benzene rings is 2. The summed E-state index contributed by atoms with van der Waals surface area (Å²) >= 11 is 6.11. The first kappa shape index (κ1) is 15.9. The number of hydrogen-bond donors (Lipinski definition) is 1. The fourth-order valence-corrected chi connectivity index (χ4v) is 2.97. The van der Waals surface area contributed by atoms with E-state index in [1.54, 1.807) is 7.11 Å². The fourth-order valence-electron chi connectivity index (χ4n) is 2.78. The molecule has 0 aliphatic carbocycles. The van der Waals surface area contributed by atoms with Crippen LogP contribution < -0.4 is 10.5 Å². The Morgan fingerprint density at radius 1 is 1.14 bits per heavy atom. The van der Waals surface area contributed by atoms with Gasteiger partial charge >= 0.3 is 0 Å². The van der Waals surface area contributed by atoms with Gasteiger partial charge in [0.2, 0.25) is 0 Å². The Labute approximate surface area is 131 Å². The van der Waals surface area contributed by atoms with Crippen molar-refractivity contribution in [1.29, 1.82) is 0 Å². The van der Waals surface area contributed by atoms with E-state index in [0.717, 1.165) is 22.8 Å². The Morgan fingerprint density at radius 2 is 1.90 bits per heavy atom. The van der Waals surface area contributed by atoms with Crippen molar-refractivity contribution in [1.82, 2.24) is 0 Å². The maximum atomic E-state index is 6.11. The molecule has 1 unspecified atom stereocenters. The Morgan fingerprint density at radius 3 is 2.52 bits per heavy atom. The summed E-state index contributed by atoms with van der Waals surface area (Å²) in [6, 6.07) is 12.2. The molecule has 21 heavy (non-hydrogen) atoms. The molecule has 0 amide bonds. The van der Waals surface area contributed by atoms with Crippen molar-refractivity contribution in [3.05, 3.63) is 63.7 Å². The molecule has 2 nitrogen and oxygen atoms in total. The second-order valence-corrected chi connectivity index (χ2v) is 5.89. The topological polar surface area (TPSA) is 35.2 Å². The summed E-state index contributed by atoms with van der Waals surface area (Å²) in [6.07, 6.45) is 0.824. The van der Waals surface area contributed by atoms with Crippen molar-refractivity contribution in [2.75, 3.05) is 13.7 Å². The van der Waals surface area contributed by atoms with Gasteiger partial charge in [0, 0.05) is 10.9 Å². The van der Waals surface area contributed by atoms with Crippen molar-refractivity contribution >= 4 is 11.6 Å². The molecule has 0 bridgehead atoms. The molecule has 0 saturated carbocycles. The largest absolute Gasteiger partial charge is 0.496 e. The van der Waals surface area contributed by atoms with Crippen LogP contribution >= 0.6 is 11.6 Å². The quantitative estimate of drug-likeness (QED) is 0.896. The van der Waals surface area contributed by atoms with Crippen LogP contribution in [0.2, 0.25) is 5.02 Å². The number of rotatable bonds is 5. The van der Waals surface area contributed by atoms with Crippen LogP contribution in [-0.2, 0) is 6.42 Å². The zero-order valence-electron chi connectivity index (χ0n) is 12.8. The lowest BCUT2D eigenvalue weighted by Crippen LogP contribution is -2.16. The van der Waals surface area contributed by atoms with Crippen LogP contribution in [0.4, 0.5) is 0 Å². The van der Waals surface area contributed by atoms with E-state index < -0.39 is 0 Å². The smallest absolute Gasteiger partial charge is 0.122 e. The molecule has 2 aromatic rings. The van der Waals surface area contributed by atoms with Gasteiger partial charge in [-0.25, -0.2) is 0 Å². The minimum Gasteiger partial charge on any atom is -0.496 e. The molecule has 112 valence electrons. The van der Waals surface area contributed by atoms with E-state index in [1.807, 2.05) is 18.2 Å². The Bertz CT molecular complexity index is 625. The SMILES string of the molecule is COc1ccc(Cl)cc1CC(CN)c1ccc(C)cc1C. The standard InChI is InChI=1S/C18H22ClNO/c1-12-4-6-17(13(2)8-12)15(11-20)9-14-10-16(19)5-7-18(14)21-3/h4-8,10,15H,9,11,20H2,1-3H3. The minimum atomic E-state index is 0.262. The molecule has 0 spiro atoms. The first-order valence-electron chi connectivity index (χ1n) is 7.14. The van der Waals surface area contributed by atoms with Gasteiger partial charge in [-0.05, 0) is 61.7 Å². The van der Waals surface area contributed by atoms with Gasteiger partial charge < -0.3 is 10.5 Å². The maximum absolute atomic E-state index is 6.11. The van der Waals surface area contributed by atoms with Crippen molar-refractivity contribution in [2.45, 2.75) is 26.2 Å². The lowest BCUT2D eigenvalue weighted by Gasteiger charge is -2.20. The third-order valence-corrected chi connectivity index (χ3v) is 4.09. The average Bonchev–Trinajstić information content (AvgIpc) is 2.45. The lowest BCUT2D eigenvalue weighted by atomic mass is 9.88. The summed E-state index contributed by atoms with van der Waals surface area (Å²) in [7, 11) is 1.68. The summed E-state index contributed by atoms with van der Waals surface area (Å²) in [4.78, 5) is 0. The van der Waals surface area contributed by atoms with Crippen LogP contribution in [-0.4, -0.2) is 13.7 Å². The molecule has 0 heterocycles. The summed E-state index contributed by atoms with van der Waals surface area (Å²) < 4.78 is 5.43. The molecule has 0 aromatic heterocycles. The predicted molar refractivity (Wildman–Crippen MR) is 89.4 cm³/mol. The molecule has 0 saturated heterocycles. The number of nitrogens with two attached hydrogens (primary N) is 1. The number of halogens is 1. The van der Waals surface area contributed by atoms with Crippen molar-refractivity contribution < 1.29 is 4.74 Å². The molecule has 2 aromatic carbocycles. The summed E-state index contributed by atoms with van der Waals surface area (Å²) in [6.45, 7) is 4.84. The molecule has 0 radical (unpaired) electrons. The van der Waals surface area contributed by atoms with Crippen LogP contribution in [0, 0.1) is 13.8 Å². The first-order chi connectivity index (χ1) is 10.0. The highest BCUT2D eigenvalue weighted by Gasteiger charge is 2.16. The van der Waals surface area contributed by atoms with Crippen LogP contribution in [0.3, 0.4) is 0 Å². The van der Waals surface area contributed by atoms with E-state index in [9.17, 15) is 0 Å². The zero-order valence-corrected chi connectivity index (χ0v) is 13.6. The molecule has 1 atom stereocenters. The highest BCUT2D eigenvalue weighted by atomic mass is 35.5. The normalized spacial score (nSPS) is 12.2. The average molecular weight is 304 g/mol. The molecule has 0 aliphatic heterocycles. The second-order valence-electron chi connectivity index (χ2n) is 5.45. The van der Waals surface area contributed by atoms with E-state index in [-0.39, 0.29) is 5.92 Å². The molecule has 3 heteroatoms. The molecular weight excluding hydrogens is 282 g/mol. The molecule has 0 fully saturated rings. The zero-order chi connectivity index (χ0) is 15.4. The van der Waals surface area contributed by atoms with Gasteiger partial charge in [-0.2, -0.15) is 0 Å². The molecule has 0 aliphatic rings. The van der Waals surface area contributed by atoms with Gasteiger partial charge in [0.15, 0.2) is 0 Å². The Hall–Kier alpha value is -1.51. The van der Waals surface area contributed by atoms with Crippen LogP contribution in [0.15, 0.2) is 36.4 Å². The number of methoxy groups -OCH3 is 1. The monoisotopic (exact) mass is 303 g/mol. The maximum Gasteiger partial charge on any atom is 0.122 e. The van der Waals surface area contributed by atoms with Crippen molar-refractivity contribution in [3.63, 3.8) is 0 Å². The fraction of sp³-hybridized carbons (Fsp3) is 0.333. The van der Waals surface area contributed by atoms with Gasteiger partial charge in [0.25, 0.3) is 0 Å². The van der Waals surface area contributed by atoms with Crippen LogP contribution in [0.5, 0.6) is 5.75 Å². The van der Waals surface area contributed by atoms with Gasteiger partial charge in [-0.3, -0.25) is 0 Å². The van der Waals surface area contributed by atoms with E-state index in [2.05, 4.69) is 32.0 Å². The van der Waals surface area contributed by atoms with Gasteiger partial charge in [0.05, 0.1) is 7.11 Å². The molecule has 2 N–H and O–H groups in total. The first-order valence-corrected chi connectivity index (χ1v) is 7.52. The Kier molecular flexibility index (Phi) is 5.27. The third kappa shape index (κ3) is 3.78. The van der Waals surface area contributed by atoms with E-state index in [4.69, 9.17) is 22.1 Å². The van der Waals surface area contributed by atoms with Gasteiger partial charge in [-0.15, -0.1) is 0 Å². The highest BCUT2D eigenvalue weighted by molar-refractivity contribution is 6.30. The highest BCUT2D eigenvalue weighted by Crippen LogP contribution is 2.30. The summed E-state index contributed by atoms with van der Waals surface area (Å²) in [5.74, 6) is 1.13. The Balaban J connectivity index is 2.33. The van der Waals surface area contributed by atoms with E-state index in [1.165, 1.54) is 16.7 Å². The van der Waals surface area contributed by atoms with Crippen LogP contribution in [0.25, 0.3) is 0 Å². The lowest BCUT2D eigenvalue weighted by molar-refractivity contribution is 0.408. The van der Waals surface area contributed by atoms with E-state index in [0.29, 0.717) is 6.54 Å². The van der Waals surface area contributed by atoms with E-state index >= 15 is 0 Å². The second kappa shape index (κ2) is 6.97. The van der Waals surface area contributed by atoms with Crippen molar-refractivity contribution in [2.24, 2.45) is 5.73 Å². The van der Waals surface area contributed by atoms with Gasteiger partial charge in [-0.1, -0.05) is 35.4 Å². The van der Waals surface area contributed by atoms with Gasteiger partial charge in [0.1, 0.15) is 5.75 Å². The summed E-state index contributed by atoms with van der Waals surface area (Å²) in [5, 5.41) is 0.724. The minimum absolute atomic E-state index is 0.262.